The van der Waals surface area contributed by atoms with Gasteiger partial charge in [0.05, 0.1) is 43.1 Å². The number of anilines is 2. The maximum atomic E-state index is 13.5. The Hall–Kier alpha value is -4.33. The van der Waals surface area contributed by atoms with Crippen LogP contribution in [0.1, 0.15) is 51.2 Å². The molecule has 3 atom stereocenters. The van der Waals surface area contributed by atoms with E-state index in [4.69, 9.17) is 4.74 Å². The van der Waals surface area contributed by atoms with Crippen LogP contribution in [0.3, 0.4) is 0 Å². The molecule has 1 saturated carbocycles. The Kier molecular flexibility index (Phi) is 5.90. The number of hydrogen-bond acceptors (Lipinski definition) is 5. The molecule has 0 bridgehead atoms. The molecule has 5 rings (SSSR count). The van der Waals surface area contributed by atoms with Crippen molar-refractivity contribution in [1.29, 1.82) is 5.26 Å². The Balaban J connectivity index is 1.37. The van der Waals surface area contributed by atoms with E-state index in [0.29, 0.717) is 23.5 Å². The number of methoxy groups -OCH3 is 1. The normalized spacial score (nSPS) is 20.7. The summed E-state index contributed by atoms with van der Waals surface area (Å²) in [6.07, 6.45) is -2.74. The molecule has 0 unspecified atom stereocenters. The summed E-state index contributed by atoms with van der Waals surface area (Å²) in [5, 5.41) is 16.2. The standard InChI is InChI=1S/C26H22F3N5O3/c1-14-13-33-23(21(12-31-33)32-24(35)16-5-8-22(37-2)17(9-16)11-30)25(36)34(14)18-6-3-15(4-7-18)19-10-20(19)26(27,28)29/h3-9,12,14,19-20H,10,13H2,1-2H3,(H,32,35)/t14-,19-,20+/m0/s1. The summed E-state index contributed by atoms with van der Waals surface area (Å²) in [4.78, 5) is 28.0. The number of amides is 2. The number of carbonyl (C=O) groups is 2. The molecule has 1 aliphatic carbocycles. The number of alkyl halides is 3. The molecule has 1 fully saturated rings. The van der Waals surface area contributed by atoms with Crippen molar-refractivity contribution < 1.29 is 27.5 Å². The molecule has 0 saturated heterocycles. The van der Waals surface area contributed by atoms with Gasteiger partial charge in [-0.15, -0.1) is 0 Å². The Morgan fingerprint density at radius 1 is 1.22 bits per heavy atom. The minimum atomic E-state index is -4.21. The van der Waals surface area contributed by atoms with Gasteiger partial charge in [-0.25, -0.2) is 0 Å². The van der Waals surface area contributed by atoms with E-state index in [0.717, 1.165) is 0 Å². The molecule has 1 aliphatic heterocycles. The molecular weight excluding hydrogens is 487 g/mol. The molecule has 190 valence electrons. The molecule has 2 aliphatic rings. The number of fused-ring (bicyclic) bond motifs is 1. The van der Waals surface area contributed by atoms with Gasteiger partial charge in [0.15, 0.2) is 0 Å². The lowest BCUT2D eigenvalue weighted by atomic mass is 10.1. The average molecular weight is 509 g/mol. The number of nitriles is 1. The van der Waals surface area contributed by atoms with E-state index in [9.17, 15) is 28.0 Å². The fourth-order valence-electron chi connectivity index (χ4n) is 4.80. The molecule has 1 aromatic heterocycles. The van der Waals surface area contributed by atoms with Gasteiger partial charge in [-0.1, -0.05) is 12.1 Å². The molecule has 11 heteroatoms. The van der Waals surface area contributed by atoms with Crippen molar-refractivity contribution in [3.05, 3.63) is 71.0 Å². The van der Waals surface area contributed by atoms with Crippen LogP contribution in [0.2, 0.25) is 0 Å². The van der Waals surface area contributed by atoms with E-state index in [2.05, 4.69) is 10.4 Å². The van der Waals surface area contributed by atoms with Crippen molar-refractivity contribution in [3.8, 4) is 11.8 Å². The zero-order valence-electron chi connectivity index (χ0n) is 19.9. The second kappa shape index (κ2) is 8.96. The molecular formula is C26H22F3N5O3. The topological polar surface area (TPSA) is 100 Å². The van der Waals surface area contributed by atoms with Crippen molar-refractivity contribution in [2.24, 2.45) is 5.92 Å². The van der Waals surface area contributed by atoms with Crippen LogP contribution < -0.4 is 15.0 Å². The molecule has 0 radical (unpaired) electrons. The third-order valence-corrected chi connectivity index (χ3v) is 6.78. The first kappa shape index (κ1) is 24.4. The van der Waals surface area contributed by atoms with Crippen LogP contribution in [0.5, 0.6) is 5.75 Å². The highest BCUT2D eigenvalue weighted by Gasteiger charge is 2.56. The van der Waals surface area contributed by atoms with Crippen molar-refractivity contribution in [2.75, 3.05) is 17.3 Å². The SMILES string of the molecule is COc1ccc(C(=O)Nc2cnn3c2C(=O)N(c2ccc([C@@H]4C[C@H]4C(F)(F)F)cc2)[C@@H](C)C3)cc1C#N. The van der Waals surface area contributed by atoms with Crippen molar-refractivity contribution in [3.63, 3.8) is 0 Å². The zero-order valence-corrected chi connectivity index (χ0v) is 19.9. The number of carbonyl (C=O) groups excluding carboxylic acids is 2. The third-order valence-electron chi connectivity index (χ3n) is 6.78. The second-order valence-electron chi connectivity index (χ2n) is 9.18. The number of halogens is 3. The predicted octanol–water partition coefficient (Wildman–Crippen LogP) is 4.73. The fraction of sp³-hybridized carbons (Fsp3) is 0.308. The number of rotatable bonds is 5. The number of nitrogens with one attached hydrogen (secondary N) is 1. The van der Waals surface area contributed by atoms with E-state index < -0.39 is 29.8 Å². The summed E-state index contributed by atoms with van der Waals surface area (Å²) >= 11 is 0. The second-order valence-corrected chi connectivity index (χ2v) is 9.18. The quantitative estimate of drug-likeness (QED) is 0.536. The molecule has 3 aromatic rings. The summed E-state index contributed by atoms with van der Waals surface area (Å²) in [7, 11) is 1.42. The first-order valence-corrected chi connectivity index (χ1v) is 11.6. The van der Waals surface area contributed by atoms with Gasteiger partial charge in [-0.05, 0) is 55.2 Å². The van der Waals surface area contributed by atoms with Gasteiger partial charge in [-0.3, -0.25) is 14.3 Å². The number of ether oxygens (including phenoxy) is 1. The molecule has 2 heterocycles. The van der Waals surface area contributed by atoms with Crippen LogP contribution in [0.25, 0.3) is 0 Å². The summed E-state index contributed by atoms with van der Waals surface area (Å²) in [6.45, 7) is 2.20. The van der Waals surface area contributed by atoms with Crippen LogP contribution >= 0.6 is 0 Å². The Morgan fingerprint density at radius 2 is 1.95 bits per heavy atom. The predicted molar refractivity (Wildman–Crippen MR) is 128 cm³/mol. The lowest BCUT2D eigenvalue weighted by Gasteiger charge is -2.34. The van der Waals surface area contributed by atoms with E-state index in [1.807, 2.05) is 13.0 Å². The van der Waals surface area contributed by atoms with Crippen molar-refractivity contribution >= 4 is 23.2 Å². The minimum absolute atomic E-state index is 0.0776. The van der Waals surface area contributed by atoms with E-state index in [1.54, 1.807) is 29.2 Å². The summed E-state index contributed by atoms with van der Waals surface area (Å²) < 4.78 is 45.5. The lowest BCUT2D eigenvalue weighted by Crippen LogP contribution is -2.47. The van der Waals surface area contributed by atoms with Crippen LogP contribution in [0, 0.1) is 17.2 Å². The smallest absolute Gasteiger partial charge is 0.392 e. The van der Waals surface area contributed by atoms with Gasteiger partial charge < -0.3 is 15.0 Å². The molecule has 2 aromatic carbocycles. The molecule has 37 heavy (non-hydrogen) atoms. The number of aromatic nitrogens is 2. The third kappa shape index (κ3) is 4.39. The minimum Gasteiger partial charge on any atom is -0.495 e. The van der Waals surface area contributed by atoms with Crippen molar-refractivity contribution in [2.45, 2.75) is 38.0 Å². The van der Waals surface area contributed by atoms with Crippen LogP contribution in [0.15, 0.2) is 48.7 Å². The van der Waals surface area contributed by atoms with Crippen LogP contribution in [-0.4, -0.2) is 40.9 Å². The van der Waals surface area contributed by atoms with Gasteiger partial charge in [-0.2, -0.15) is 23.5 Å². The summed E-state index contributed by atoms with van der Waals surface area (Å²) in [5.74, 6) is -2.45. The van der Waals surface area contributed by atoms with Gasteiger partial charge in [0.1, 0.15) is 17.5 Å². The zero-order chi connectivity index (χ0) is 26.5. The fourth-order valence-corrected chi connectivity index (χ4v) is 4.80. The highest BCUT2D eigenvalue weighted by Crippen LogP contribution is 2.56. The lowest BCUT2D eigenvalue weighted by molar-refractivity contribution is -0.148. The first-order chi connectivity index (χ1) is 17.6. The maximum Gasteiger partial charge on any atom is 0.392 e. The molecule has 2 amide bonds. The highest BCUT2D eigenvalue weighted by molar-refractivity contribution is 6.13. The highest BCUT2D eigenvalue weighted by atomic mass is 19.4. The van der Waals surface area contributed by atoms with Crippen LogP contribution in [-0.2, 0) is 6.54 Å². The van der Waals surface area contributed by atoms with Gasteiger partial charge in [0.2, 0.25) is 0 Å². The van der Waals surface area contributed by atoms with E-state index >= 15 is 0 Å². The number of nitrogens with zero attached hydrogens (tertiary/aromatic N) is 4. The van der Waals surface area contributed by atoms with Crippen LogP contribution in [0.4, 0.5) is 24.5 Å². The molecule has 1 N–H and O–H groups in total. The molecule has 8 nitrogen and oxygen atoms in total. The average Bonchev–Trinajstić information content (AvgIpc) is 3.60. The summed E-state index contributed by atoms with van der Waals surface area (Å²) in [6, 6.07) is 12.7. The largest absolute Gasteiger partial charge is 0.495 e. The van der Waals surface area contributed by atoms with Gasteiger partial charge >= 0.3 is 6.18 Å². The first-order valence-electron chi connectivity index (χ1n) is 11.6. The van der Waals surface area contributed by atoms with Gasteiger partial charge in [0.25, 0.3) is 11.8 Å². The van der Waals surface area contributed by atoms with Crippen molar-refractivity contribution in [1.82, 2.24) is 9.78 Å². The summed E-state index contributed by atoms with van der Waals surface area (Å²) in [5.41, 5.74) is 1.94. The Morgan fingerprint density at radius 3 is 2.57 bits per heavy atom. The number of hydrogen-bond donors (Lipinski definition) is 1. The molecule has 0 spiro atoms. The van der Waals surface area contributed by atoms with E-state index in [1.165, 1.54) is 36.2 Å². The Labute approximate surface area is 210 Å². The Bertz CT molecular complexity index is 1420. The number of benzene rings is 2. The van der Waals surface area contributed by atoms with Gasteiger partial charge in [0, 0.05) is 11.3 Å². The van der Waals surface area contributed by atoms with E-state index in [-0.39, 0.29) is 35.0 Å². The maximum absolute atomic E-state index is 13.5. The monoisotopic (exact) mass is 509 g/mol.